The molecule has 27 heavy (non-hydrogen) atoms. The second-order valence-electron chi connectivity index (χ2n) is 8.02. The summed E-state index contributed by atoms with van der Waals surface area (Å²) in [7, 11) is 0. The zero-order chi connectivity index (χ0) is 20.0. The van der Waals surface area contributed by atoms with E-state index in [1.807, 2.05) is 62.4 Å². The van der Waals surface area contributed by atoms with Gasteiger partial charge in [-0.15, -0.1) is 0 Å². The van der Waals surface area contributed by atoms with Crippen molar-refractivity contribution in [3.05, 3.63) is 59.7 Å². The quantitative estimate of drug-likeness (QED) is 0.773. The van der Waals surface area contributed by atoms with E-state index in [1.165, 1.54) is 5.56 Å². The normalized spacial score (nSPS) is 13.6. The molecule has 4 heteroatoms. The molecule has 0 saturated heterocycles. The molecular weight excluding hydrogens is 338 g/mol. The number of hydrogen-bond donors (Lipinski definition) is 1. The molecule has 0 bridgehead atoms. The zero-order valence-electron chi connectivity index (χ0n) is 17.2. The highest BCUT2D eigenvalue weighted by Crippen LogP contribution is 2.24. The standard InChI is InChI=1S/C23H31NO3/c1-16-9-7-8-10-21(16)26-15-17(2)24-22(25)18(3)27-20-13-11-19(12-14-20)23(4,5)6/h7-14,17-18H,15H2,1-6H3,(H,24,25)/t17-,18+/m1/s1. The molecule has 0 aromatic heterocycles. The Morgan fingerprint density at radius 1 is 1.04 bits per heavy atom. The molecule has 1 amide bonds. The topological polar surface area (TPSA) is 47.6 Å². The molecule has 0 heterocycles. The van der Waals surface area contributed by atoms with E-state index < -0.39 is 6.10 Å². The van der Waals surface area contributed by atoms with Crippen LogP contribution in [-0.4, -0.2) is 24.7 Å². The zero-order valence-corrected chi connectivity index (χ0v) is 17.2. The van der Waals surface area contributed by atoms with Crippen molar-refractivity contribution < 1.29 is 14.3 Å². The first-order chi connectivity index (χ1) is 12.7. The van der Waals surface area contributed by atoms with Crippen molar-refractivity contribution in [3.8, 4) is 11.5 Å². The van der Waals surface area contributed by atoms with E-state index in [4.69, 9.17) is 9.47 Å². The summed E-state index contributed by atoms with van der Waals surface area (Å²) in [5.41, 5.74) is 2.40. The summed E-state index contributed by atoms with van der Waals surface area (Å²) in [5, 5.41) is 2.94. The Kier molecular flexibility index (Phi) is 6.89. The van der Waals surface area contributed by atoms with Gasteiger partial charge in [-0.3, -0.25) is 4.79 Å². The second-order valence-corrected chi connectivity index (χ2v) is 8.02. The summed E-state index contributed by atoms with van der Waals surface area (Å²) in [6.45, 7) is 12.6. The fourth-order valence-corrected chi connectivity index (χ4v) is 2.63. The molecule has 0 spiro atoms. The highest BCUT2D eigenvalue weighted by Gasteiger charge is 2.18. The molecule has 0 aliphatic carbocycles. The fraction of sp³-hybridized carbons (Fsp3) is 0.435. The highest BCUT2D eigenvalue weighted by molar-refractivity contribution is 5.81. The number of amides is 1. The number of carbonyl (C=O) groups excluding carboxylic acids is 1. The van der Waals surface area contributed by atoms with Crippen LogP contribution in [-0.2, 0) is 10.2 Å². The average Bonchev–Trinajstić information content (AvgIpc) is 2.60. The number of carbonyl (C=O) groups is 1. The monoisotopic (exact) mass is 369 g/mol. The summed E-state index contributed by atoms with van der Waals surface area (Å²) >= 11 is 0. The van der Waals surface area contributed by atoms with Crippen LogP contribution in [0.15, 0.2) is 48.5 Å². The summed E-state index contributed by atoms with van der Waals surface area (Å²) in [6, 6.07) is 15.6. The van der Waals surface area contributed by atoms with E-state index >= 15 is 0 Å². The largest absolute Gasteiger partial charge is 0.491 e. The molecule has 0 unspecified atom stereocenters. The summed E-state index contributed by atoms with van der Waals surface area (Å²) < 4.78 is 11.6. The maximum atomic E-state index is 12.4. The van der Waals surface area contributed by atoms with Gasteiger partial charge in [-0.25, -0.2) is 0 Å². The van der Waals surface area contributed by atoms with Crippen LogP contribution in [0.1, 0.15) is 45.7 Å². The molecule has 0 radical (unpaired) electrons. The molecule has 2 aromatic rings. The highest BCUT2D eigenvalue weighted by atomic mass is 16.5. The van der Waals surface area contributed by atoms with E-state index in [0.29, 0.717) is 12.4 Å². The number of aryl methyl sites for hydroxylation is 1. The molecular formula is C23H31NO3. The lowest BCUT2D eigenvalue weighted by Crippen LogP contribution is -2.43. The van der Waals surface area contributed by atoms with Gasteiger partial charge in [0.25, 0.3) is 5.91 Å². The maximum Gasteiger partial charge on any atom is 0.261 e. The van der Waals surface area contributed by atoms with Crippen molar-refractivity contribution in [3.63, 3.8) is 0 Å². The fourth-order valence-electron chi connectivity index (χ4n) is 2.63. The molecule has 2 aromatic carbocycles. The van der Waals surface area contributed by atoms with E-state index in [-0.39, 0.29) is 17.4 Å². The van der Waals surface area contributed by atoms with Crippen molar-refractivity contribution in [1.29, 1.82) is 0 Å². The van der Waals surface area contributed by atoms with Crippen LogP contribution >= 0.6 is 0 Å². The van der Waals surface area contributed by atoms with Gasteiger partial charge < -0.3 is 14.8 Å². The second kappa shape index (κ2) is 8.94. The van der Waals surface area contributed by atoms with Crippen molar-refractivity contribution in [2.45, 2.75) is 59.1 Å². The van der Waals surface area contributed by atoms with Crippen LogP contribution in [0.2, 0.25) is 0 Å². The Morgan fingerprint density at radius 3 is 2.26 bits per heavy atom. The molecule has 0 fully saturated rings. The molecule has 1 N–H and O–H groups in total. The minimum absolute atomic E-state index is 0.0913. The average molecular weight is 370 g/mol. The molecule has 0 aliphatic rings. The molecule has 2 atom stereocenters. The van der Waals surface area contributed by atoms with Crippen molar-refractivity contribution in [2.24, 2.45) is 0 Å². The first-order valence-corrected chi connectivity index (χ1v) is 9.43. The Morgan fingerprint density at radius 2 is 1.67 bits per heavy atom. The third-order valence-corrected chi connectivity index (χ3v) is 4.37. The van der Waals surface area contributed by atoms with Crippen LogP contribution in [0.3, 0.4) is 0 Å². The Balaban J connectivity index is 1.83. The van der Waals surface area contributed by atoms with Gasteiger partial charge in [0.1, 0.15) is 18.1 Å². The molecule has 4 nitrogen and oxygen atoms in total. The summed E-state index contributed by atoms with van der Waals surface area (Å²) in [4.78, 5) is 12.4. The molecule has 0 aliphatic heterocycles. The van der Waals surface area contributed by atoms with Crippen molar-refractivity contribution >= 4 is 5.91 Å². The molecule has 146 valence electrons. The van der Waals surface area contributed by atoms with Gasteiger partial charge in [0.15, 0.2) is 6.10 Å². The number of ether oxygens (including phenoxy) is 2. The Hall–Kier alpha value is -2.49. The smallest absolute Gasteiger partial charge is 0.261 e. The lowest BCUT2D eigenvalue weighted by Gasteiger charge is -2.21. The van der Waals surface area contributed by atoms with Crippen LogP contribution in [0.25, 0.3) is 0 Å². The van der Waals surface area contributed by atoms with E-state index in [0.717, 1.165) is 11.3 Å². The third kappa shape index (κ3) is 6.31. The third-order valence-electron chi connectivity index (χ3n) is 4.37. The van der Waals surface area contributed by atoms with Gasteiger partial charge >= 0.3 is 0 Å². The minimum Gasteiger partial charge on any atom is -0.491 e. The van der Waals surface area contributed by atoms with Gasteiger partial charge in [-0.1, -0.05) is 51.1 Å². The van der Waals surface area contributed by atoms with E-state index in [9.17, 15) is 4.79 Å². The van der Waals surface area contributed by atoms with Crippen LogP contribution in [0.5, 0.6) is 11.5 Å². The summed E-state index contributed by atoms with van der Waals surface area (Å²) in [5.74, 6) is 1.37. The van der Waals surface area contributed by atoms with Gasteiger partial charge in [-0.05, 0) is 55.5 Å². The van der Waals surface area contributed by atoms with Gasteiger partial charge in [0.05, 0.1) is 6.04 Å². The summed E-state index contributed by atoms with van der Waals surface area (Å²) in [6.07, 6.45) is -0.577. The van der Waals surface area contributed by atoms with Crippen molar-refractivity contribution in [2.75, 3.05) is 6.61 Å². The van der Waals surface area contributed by atoms with E-state index in [2.05, 4.69) is 26.1 Å². The number of hydrogen-bond acceptors (Lipinski definition) is 3. The maximum absolute atomic E-state index is 12.4. The van der Waals surface area contributed by atoms with Crippen molar-refractivity contribution in [1.82, 2.24) is 5.32 Å². The first-order valence-electron chi connectivity index (χ1n) is 9.43. The van der Waals surface area contributed by atoms with Gasteiger partial charge in [0, 0.05) is 0 Å². The SMILES string of the molecule is Cc1ccccc1OC[C@@H](C)NC(=O)[C@H](C)Oc1ccc(C(C)(C)C)cc1. The number of rotatable bonds is 7. The minimum atomic E-state index is -0.577. The predicted molar refractivity (Wildman–Crippen MR) is 110 cm³/mol. The van der Waals surface area contributed by atoms with Gasteiger partial charge in [-0.2, -0.15) is 0 Å². The lowest BCUT2D eigenvalue weighted by atomic mass is 9.87. The van der Waals surface area contributed by atoms with Crippen LogP contribution in [0.4, 0.5) is 0 Å². The molecule has 0 saturated carbocycles. The van der Waals surface area contributed by atoms with Gasteiger partial charge in [0.2, 0.25) is 0 Å². The van der Waals surface area contributed by atoms with Crippen LogP contribution < -0.4 is 14.8 Å². The number of para-hydroxylation sites is 1. The number of nitrogens with one attached hydrogen (secondary N) is 1. The lowest BCUT2D eigenvalue weighted by molar-refractivity contribution is -0.128. The van der Waals surface area contributed by atoms with E-state index in [1.54, 1.807) is 6.92 Å². The predicted octanol–water partition coefficient (Wildman–Crippen LogP) is 4.64. The Bertz CT molecular complexity index is 747. The Labute approximate surface area is 162 Å². The first kappa shape index (κ1) is 20.8. The number of benzene rings is 2. The molecule has 2 rings (SSSR count). The van der Waals surface area contributed by atoms with Crippen LogP contribution in [0, 0.1) is 6.92 Å².